The van der Waals surface area contributed by atoms with Crippen molar-refractivity contribution < 1.29 is 19.0 Å². The summed E-state index contributed by atoms with van der Waals surface area (Å²) in [5, 5.41) is 3.40. The second kappa shape index (κ2) is 8.74. The van der Waals surface area contributed by atoms with Gasteiger partial charge in [0.2, 0.25) is 0 Å². The van der Waals surface area contributed by atoms with Crippen molar-refractivity contribution in [3.05, 3.63) is 53.6 Å². The van der Waals surface area contributed by atoms with Crippen LogP contribution < -0.4 is 14.8 Å². The van der Waals surface area contributed by atoms with Gasteiger partial charge in [0, 0.05) is 17.3 Å². The van der Waals surface area contributed by atoms with E-state index in [1.54, 1.807) is 36.4 Å². The second-order valence-electron chi connectivity index (χ2n) is 5.76. The van der Waals surface area contributed by atoms with E-state index in [0.717, 1.165) is 25.2 Å². The van der Waals surface area contributed by atoms with Crippen molar-refractivity contribution in [3.8, 4) is 11.5 Å². The number of hydrogen-bond acceptors (Lipinski definition) is 4. The van der Waals surface area contributed by atoms with E-state index in [1.165, 1.54) is 0 Å². The molecule has 2 aromatic rings. The van der Waals surface area contributed by atoms with Gasteiger partial charge in [-0.3, -0.25) is 4.79 Å². The first kappa shape index (κ1) is 17.6. The number of hydrogen-bond donors (Lipinski definition) is 1. The minimum Gasteiger partial charge on any atom is -0.491 e. The van der Waals surface area contributed by atoms with Gasteiger partial charge in [-0.05, 0) is 61.4 Å². The van der Waals surface area contributed by atoms with Crippen molar-refractivity contribution in [1.82, 2.24) is 0 Å². The molecule has 0 aliphatic carbocycles. The molecule has 0 spiro atoms. The van der Waals surface area contributed by atoms with Crippen LogP contribution in [-0.2, 0) is 9.53 Å². The highest BCUT2D eigenvalue weighted by molar-refractivity contribution is 6.30. The summed E-state index contributed by atoms with van der Waals surface area (Å²) in [7, 11) is 0. The Bertz CT molecular complexity index is 682. The Labute approximate surface area is 151 Å². The normalized spacial score (nSPS) is 16.4. The van der Waals surface area contributed by atoms with Crippen LogP contribution in [0.4, 0.5) is 5.69 Å². The molecule has 0 aromatic heterocycles. The number of anilines is 1. The summed E-state index contributed by atoms with van der Waals surface area (Å²) in [6, 6.07) is 14.1. The predicted octanol–water partition coefficient (Wildman–Crippen LogP) is 3.92. The fourth-order valence-electron chi connectivity index (χ4n) is 2.48. The lowest BCUT2D eigenvalue weighted by atomic mass is 10.2. The number of halogens is 1. The van der Waals surface area contributed by atoms with Gasteiger partial charge in [0.05, 0.1) is 6.10 Å². The van der Waals surface area contributed by atoms with Crippen LogP contribution in [0.3, 0.4) is 0 Å². The molecule has 25 heavy (non-hydrogen) atoms. The average molecular weight is 362 g/mol. The van der Waals surface area contributed by atoms with Crippen LogP contribution in [0, 0.1) is 0 Å². The van der Waals surface area contributed by atoms with Gasteiger partial charge in [-0.2, -0.15) is 0 Å². The van der Waals surface area contributed by atoms with E-state index < -0.39 is 0 Å². The van der Waals surface area contributed by atoms with Gasteiger partial charge < -0.3 is 19.5 Å². The summed E-state index contributed by atoms with van der Waals surface area (Å²) < 4.78 is 16.6. The zero-order valence-corrected chi connectivity index (χ0v) is 14.5. The summed E-state index contributed by atoms with van der Waals surface area (Å²) in [5.41, 5.74) is 0.689. The summed E-state index contributed by atoms with van der Waals surface area (Å²) in [6.07, 6.45) is 2.32. The SMILES string of the molecule is O=C(COc1ccc(Cl)cc1)Nc1ccc(OC[C@H]2CCCO2)cc1. The van der Waals surface area contributed by atoms with Gasteiger partial charge in [-0.15, -0.1) is 0 Å². The number of amides is 1. The van der Waals surface area contributed by atoms with E-state index in [0.29, 0.717) is 23.1 Å². The highest BCUT2D eigenvalue weighted by Crippen LogP contribution is 2.19. The fraction of sp³-hybridized carbons (Fsp3) is 0.316. The van der Waals surface area contributed by atoms with Gasteiger partial charge in [-0.25, -0.2) is 0 Å². The van der Waals surface area contributed by atoms with Gasteiger partial charge in [0.1, 0.15) is 18.1 Å². The number of ether oxygens (including phenoxy) is 3. The minimum absolute atomic E-state index is 0.0705. The Hall–Kier alpha value is -2.24. The van der Waals surface area contributed by atoms with Crippen molar-refractivity contribution in [2.45, 2.75) is 18.9 Å². The molecule has 0 unspecified atom stereocenters. The first-order valence-electron chi connectivity index (χ1n) is 8.22. The van der Waals surface area contributed by atoms with Gasteiger partial charge in [-0.1, -0.05) is 11.6 Å². The van der Waals surface area contributed by atoms with E-state index in [9.17, 15) is 4.79 Å². The Morgan fingerprint density at radius 2 is 1.76 bits per heavy atom. The molecule has 3 rings (SSSR count). The molecule has 0 radical (unpaired) electrons. The molecular weight excluding hydrogens is 342 g/mol. The van der Waals surface area contributed by atoms with Crippen molar-refractivity contribution >= 4 is 23.2 Å². The third kappa shape index (κ3) is 5.66. The molecule has 1 amide bonds. The number of benzene rings is 2. The highest BCUT2D eigenvalue weighted by atomic mass is 35.5. The lowest BCUT2D eigenvalue weighted by Crippen LogP contribution is -2.20. The molecule has 1 saturated heterocycles. The summed E-state index contributed by atoms with van der Waals surface area (Å²) in [6.45, 7) is 1.30. The molecule has 5 nitrogen and oxygen atoms in total. The Kier molecular flexibility index (Phi) is 6.14. The van der Waals surface area contributed by atoms with Crippen LogP contribution >= 0.6 is 11.6 Å². The maximum atomic E-state index is 11.9. The van der Waals surface area contributed by atoms with Crippen molar-refractivity contribution in [2.24, 2.45) is 0 Å². The summed E-state index contributed by atoms with van der Waals surface area (Å²) in [4.78, 5) is 11.9. The quantitative estimate of drug-likeness (QED) is 0.812. The standard InChI is InChI=1S/C19H20ClNO4/c20-14-3-7-16(8-4-14)25-13-19(22)21-15-5-9-17(10-6-15)24-12-18-2-1-11-23-18/h3-10,18H,1-2,11-13H2,(H,21,22)/t18-/m1/s1. The van der Waals surface area contributed by atoms with E-state index in [1.807, 2.05) is 12.1 Å². The van der Waals surface area contributed by atoms with E-state index in [4.69, 9.17) is 25.8 Å². The molecule has 1 atom stereocenters. The first-order chi connectivity index (χ1) is 12.2. The van der Waals surface area contributed by atoms with Crippen molar-refractivity contribution in [2.75, 3.05) is 25.1 Å². The number of nitrogens with one attached hydrogen (secondary N) is 1. The Morgan fingerprint density at radius 3 is 2.44 bits per heavy atom. The third-order valence-electron chi connectivity index (χ3n) is 3.78. The molecular formula is C19H20ClNO4. The molecule has 1 aliphatic heterocycles. The van der Waals surface area contributed by atoms with Crippen molar-refractivity contribution in [3.63, 3.8) is 0 Å². The zero-order valence-electron chi connectivity index (χ0n) is 13.7. The minimum atomic E-state index is -0.233. The Balaban J connectivity index is 1.42. The molecule has 1 heterocycles. The molecule has 2 aromatic carbocycles. The molecule has 0 bridgehead atoms. The molecule has 0 saturated carbocycles. The molecule has 132 valence electrons. The molecule has 1 fully saturated rings. The third-order valence-corrected chi connectivity index (χ3v) is 4.03. The lowest BCUT2D eigenvalue weighted by Gasteiger charge is -2.12. The van der Waals surface area contributed by atoms with Gasteiger partial charge in [0.15, 0.2) is 6.61 Å². The maximum absolute atomic E-state index is 11.9. The van der Waals surface area contributed by atoms with Crippen LogP contribution in [0.1, 0.15) is 12.8 Å². The van der Waals surface area contributed by atoms with E-state index >= 15 is 0 Å². The average Bonchev–Trinajstić information content (AvgIpc) is 3.14. The summed E-state index contributed by atoms with van der Waals surface area (Å²) in [5.74, 6) is 1.12. The molecule has 6 heteroatoms. The van der Waals surface area contributed by atoms with Crippen molar-refractivity contribution in [1.29, 1.82) is 0 Å². The fourth-order valence-corrected chi connectivity index (χ4v) is 2.60. The maximum Gasteiger partial charge on any atom is 0.262 e. The number of rotatable bonds is 7. The highest BCUT2D eigenvalue weighted by Gasteiger charge is 2.15. The van der Waals surface area contributed by atoms with Gasteiger partial charge in [0.25, 0.3) is 5.91 Å². The Morgan fingerprint density at radius 1 is 1.08 bits per heavy atom. The van der Waals surface area contributed by atoms with Gasteiger partial charge >= 0.3 is 0 Å². The topological polar surface area (TPSA) is 56.8 Å². The van der Waals surface area contributed by atoms with Crippen LogP contribution in [0.2, 0.25) is 5.02 Å². The zero-order chi connectivity index (χ0) is 17.5. The predicted molar refractivity (Wildman–Crippen MR) is 96.5 cm³/mol. The monoisotopic (exact) mass is 361 g/mol. The number of carbonyl (C=O) groups excluding carboxylic acids is 1. The van der Waals surface area contributed by atoms with Crippen LogP contribution in [0.5, 0.6) is 11.5 Å². The number of carbonyl (C=O) groups is 1. The largest absolute Gasteiger partial charge is 0.491 e. The van der Waals surface area contributed by atoms with Crippen LogP contribution in [0.15, 0.2) is 48.5 Å². The molecule has 1 aliphatic rings. The van der Waals surface area contributed by atoms with E-state index in [2.05, 4.69) is 5.32 Å². The molecule has 1 N–H and O–H groups in total. The summed E-state index contributed by atoms with van der Waals surface area (Å²) >= 11 is 5.80. The van der Waals surface area contributed by atoms with Crippen LogP contribution in [-0.4, -0.2) is 31.8 Å². The lowest BCUT2D eigenvalue weighted by molar-refractivity contribution is -0.118. The smallest absolute Gasteiger partial charge is 0.262 e. The van der Waals surface area contributed by atoms with Crippen LogP contribution in [0.25, 0.3) is 0 Å². The second-order valence-corrected chi connectivity index (χ2v) is 6.20. The first-order valence-corrected chi connectivity index (χ1v) is 8.59. The van der Waals surface area contributed by atoms with E-state index in [-0.39, 0.29) is 18.6 Å².